The summed E-state index contributed by atoms with van der Waals surface area (Å²) in [6.07, 6.45) is 3.40. The molecule has 1 atom stereocenters. The summed E-state index contributed by atoms with van der Waals surface area (Å²) in [5, 5.41) is 13.9. The van der Waals surface area contributed by atoms with Crippen LogP contribution in [0.5, 0.6) is 0 Å². The van der Waals surface area contributed by atoms with Gasteiger partial charge in [-0.15, -0.1) is 0 Å². The fourth-order valence-corrected chi connectivity index (χ4v) is 5.09. The number of anilines is 1. The maximum Gasteiger partial charge on any atom is 0.271 e. The lowest BCUT2D eigenvalue weighted by atomic mass is 10.1. The van der Waals surface area contributed by atoms with E-state index in [2.05, 4.69) is 16.3 Å². The number of nitrogens with one attached hydrogen (secondary N) is 1. The zero-order valence-electron chi connectivity index (χ0n) is 18.2. The molecule has 2 aromatic rings. The van der Waals surface area contributed by atoms with E-state index in [0.717, 1.165) is 41.8 Å². The number of nitro benzene ring substituents is 1. The maximum atomic E-state index is 12.8. The first-order valence-corrected chi connectivity index (χ1v) is 12.3. The van der Waals surface area contributed by atoms with Gasteiger partial charge in [0.2, 0.25) is 15.9 Å². The molecule has 0 aromatic heterocycles. The zero-order valence-corrected chi connectivity index (χ0v) is 19.0. The van der Waals surface area contributed by atoms with Crippen molar-refractivity contribution in [1.82, 2.24) is 10.2 Å². The molecule has 1 aliphatic heterocycles. The van der Waals surface area contributed by atoms with Gasteiger partial charge in [0, 0.05) is 25.2 Å². The number of hydrogen-bond donors (Lipinski definition) is 1. The Kier molecular flexibility index (Phi) is 7.47. The van der Waals surface area contributed by atoms with Crippen LogP contribution < -0.4 is 9.62 Å². The van der Waals surface area contributed by atoms with E-state index >= 15 is 0 Å². The van der Waals surface area contributed by atoms with Gasteiger partial charge in [0.05, 0.1) is 16.9 Å². The molecule has 32 heavy (non-hydrogen) atoms. The molecule has 0 saturated carbocycles. The standard InChI is InChI=1S/C22H28N4O5S/c1-17(25(32(2,30)31)20-9-6-10-21(14-20)26(28)29)22(27)23-15-18-7-5-8-19(13-18)16-24-11-3-4-12-24/h5-10,13-14,17H,3-4,11-12,15-16H2,1-2H3,(H,23,27)/t17-/m0/s1. The number of carbonyl (C=O) groups is 1. The van der Waals surface area contributed by atoms with Gasteiger partial charge in [-0.2, -0.15) is 0 Å². The maximum absolute atomic E-state index is 12.8. The van der Waals surface area contributed by atoms with E-state index in [0.29, 0.717) is 0 Å². The highest BCUT2D eigenvalue weighted by Crippen LogP contribution is 2.25. The van der Waals surface area contributed by atoms with Gasteiger partial charge in [0.1, 0.15) is 6.04 Å². The van der Waals surface area contributed by atoms with E-state index < -0.39 is 26.9 Å². The first-order valence-electron chi connectivity index (χ1n) is 10.5. The Bertz CT molecular complexity index is 1080. The molecule has 10 heteroatoms. The molecule has 0 bridgehead atoms. The molecular weight excluding hydrogens is 432 g/mol. The molecule has 0 radical (unpaired) electrons. The quantitative estimate of drug-likeness (QED) is 0.455. The van der Waals surface area contributed by atoms with Gasteiger partial charge in [0.15, 0.2) is 0 Å². The summed E-state index contributed by atoms with van der Waals surface area (Å²) in [5.74, 6) is -0.494. The number of benzene rings is 2. The molecule has 1 heterocycles. The van der Waals surface area contributed by atoms with Gasteiger partial charge < -0.3 is 5.32 Å². The van der Waals surface area contributed by atoms with Crippen LogP contribution in [0.15, 0.2) is 48.5 Å². The monoisotopic (exact) mass is 460 g/mol. The average Bonchev–Trinajstić information content (AvgIpc) is 3.24. The summed E-state index contributed by atoms with van der Waals surface area (Å²) in [6.45, 7) is 4.77. The van der Waals surface area contributed by atoms with E-state index in [1.807, 2.05) is 18.2 Å². The van der Waals surface area contributed by atoms with Crippen molar-refractivity contribution in [2.75, 3.05) is 23.7 Å². The molecule has 9 nitrogen and oxygen atoms in total. The van der Waals surface area contributed by atoms with Crippen LogP contribution >= 0.6 is 0 Å². The van der Waals surface area contributed by atoms with Gasteiger partial charge >= 0.3 is 0 Å². The molecule has 1 amide bonds. The summed E-state index contributed by atoms with van der Waals surface area (Å²) < 4.78 is 25.7. The number of carbonyl (C=O) groups excluding carboxylic acids is 1. The van der Waals surface area contributed by atoms with Crippen molar-refractivity contribution in [2.45, 2.75) is 38.9 Å². The lowest BCUT2D eigenvalue weighted by Crippen LogP contribution is -2.47. The van der Waals surface area contributed by atoms with Gasteiger partial charge in [0.25, 0.3) is 5.69 Å². The Morgan fingerprint density at radius 1 is 1.16 bits per heavy atom. The third-order valence-electron chi connectivity index (χ3n) is 5.45. The van der Waals surface area contributed by atoms with Crippen LogP contribution in [0, 0.1) is 10.1 Å². The lowest BCUT2D eigenvalue weighted by Gasteiger charge is -2.28. The molecular formula is C22H28N4O5S. The van der Waals surface area contributed by atoms with Crippen molar-refractivity contribution in [3.05, 3.63) is 69.8 Å². The van der Waals surface area contributed by atoms with Crippen molar-refractivity contribution >= 4 is 27.3 Å². The summed E-state index contributed by atoms with van der Waals surface area (Å²) in [7, 11) is -3.86. The molecule has 2 aromatic carbocycles. The normalized spacial score (nSPS) is 15.3. The smallest absolute Gasteiger partial charge is 0.271 e. The summed E-state index contributed by atoms with van der Waals surface area (Å²) in [6, 6.07) is 12.1. The van der Waals surface area contributed by atoms with Gasteiger partial charge in [-0.3, -0.25) is 24.1 Å². The van der Waals surface area contributed by atoms with Gasteiger partial charge in [-0.25, -0.2) is 8.42 Å². The second-order valence-electron chi connectivity index (χ2n) is 8.03. The first kappa shape index (κ1) is 23.7. The second-order valence-corrected chi connectivity index (χ2v) is 9.89. The number of hydrogen-bond acceptors (Lipinski definition) is 6. The highest BCUT2D eigenvalue weighted by Gasteiger charge is 2.30. The van der Waals surface area contributed by atoms with Crippen LogP contribution in [0.1, 0.15) is 30.9 Å². The first-order chi connectivity index (χ1) is 15.1. The number of likely N-dealkylation sites (tertiary alicyclic amines) is 1. The third-order valence-corrected chi connectivity index (χ3v) is 6.69. The number of nitro groups is 1. The topological polar surface area (TPSA) is 113 Å². The van der Waals surface area contributed by atoms with Gasteiger partial charge in [-0.05, 0) is 50.0 Å². The van der Waals surface area contributed by atoms with Crippen molar-refractivity contribution in [3.63, 3.8) is 0 Å². The molecule has 3 rings (SSSR count). The van der Waals surface area contributed by atoms with Crippen LogP contribution in [0.4, 0.5) is 11.4 Å². The predicted octanol–water partition coefficient (Wildman–Crippen LogP) is 2.66. The van der Waals surface area contributed by atoms with Crippen LogP contribution in [-0.2, 0) is 27.9 Å². The van der Waals surface area contributed by atoms with Crippen LogP contribution in [0.3, 0.4) is 0 Å². The summed E-state index contributed by atoms with van der Waals surface area (Å²) in [4.78, 5) is 25.7. The fraction of sp³-hybridized carbons (Fsp3) is 0.409. The van der Waals surface area contributed by atoms with Crippen molar-refractivity contribution in [1.29, 1.82) is 0 Å². The molecule has 1 aliphatic rings. The minimum Gasteiger partial charge on any atom is -0.350 e. The number of sulfonamides is 1. The van der Waals surface area contributed by atoms with Crippen molar-refractivity contribution in [3.8, 4) is 0 Å². The Hall–Kier alpha value is -2.98. The molecule has 0 aliphatic carbocycles. The summed E-state index contributed by atoms with van der Waals surface area (Å²) in [5.41, 5.74) is 1.90. The largest absolute Gasteiger partial charge is 0.350 e. The zero-order chi connectivity index (χ0) is 23.3. The molecule has 1 N–H and O–H groups in total. The number of nitrogens with zero attached hydrogens (tertiary/aromatic N) is 3. The minimum absolute atomic E-state index is 0.0666. The van der Waals surface area contributed by atoms with Crippen molar-refractivity contribution < 1.29 is 18.1 Å². The highest BCUT2D eigenvalue weighted by atomic mass is 32.2. The molecule has 0 spiro atoms. The Labute approximate surface area is 188 Å². The Morgan fingerprint density at radius 2 is 1.81 bits per heavy atom. The van der Waals surface area contributed by atoms with E-state index in [1.165, 1.54) is 43.5 Å². The van der Waals surface area contributed by atoms with E-state index in [9.17, 15) is 23.3 Å². The Morgan fingerprint density at radius 3 is 2.47 bits per heavy atom. The minimum atomic E-state index is -3.86. The number of rotatable bonds is 9. The summed E-state index contributed by atoms with van der Waals surface area (Å²) >= 11 is 0. The van der Waals surface area contributed by atoms with E-state index in [1.54, 1.807) is 0 Å². The second kappa shape index (κ2) is 10.1. The third kappa shape index (κ3) is 6.04. The van der Waals surface area contributed by atoms with E-state index in [4.69, 9.17) is 0 Å². The molecule has 1 fully saturated rings. The van der Waals surface area contributed by atoms with Crippen LogP contribution in [0.25, 0.3) is 0 Å². The lowest BCUT2D eigenvalue weighted by molar-refractivity contribution is -0.384. The number of non-ortho nitro benzene ring substituents is 1. The Balaban J connectivity index is 1.70. The number of amides is 1. The fourth-order valence-electron chi connectivity index (χ4n) is 3.93. The highest BCUT2D eigenvalue weighted by molar-refractivity contribution is 7.92. The SMILES string of the molecule is C[C@@H](C(=O)NCc1cccc(CN2CCCC2)c1)N(c1cccc([N+](=O)[O-])c1)S(C)(=O)=O. The van der Waals surface area contributed by atoms with Crippen LogP contribution in [-0.4, -0.2) is 49.5 Å². The van der Waals surface area contributed by atoms with Crippen molar-refractivity contribution in [2.24, 2.45) is 0 Å². The van der Waals surface area contributed by atoms with Crippen LogP contribution in [0.2, 0.25) is 0 Å². The average molecular weight is 461 g/mol. The molecule has 172 valence electrons. The van der Waals surface area contributed by atoms with E-state index in [-0.39, 0.29) is 17.9 Å². The van der Waals surface area contributed by atoms with Gasteiger partial charge in [-0.1, -0.05) is 30.3 Å². The molecule has 0 unspecified atom stereocenters. The predicted molar refractivity (Wildman–Crippen MR) is 123 cm³/mol. The molecule has 1 saturated heterocycles.